The normalized spacial score (nSPS) is 12.3. The molecule has 0 saturated heterocycles. The maximum Gasteiger partial charge on any atom is 0.295 e. The molecule has 0 N–H and O–H groups in total. The highest BCUT2D eigenvalue weighted by atomic mass is 32.2. The molecule has 0 fully saturated rings. The van der Waals surface area contributed by atoms with Crippen LogP contribution < -0.4 is 4.31 Å². The quantitative estimate of drug-likeness (QED) is 0.616. The van der Waals surface area contributed by atoms with E-state index < -0.39 is 15.9 Å². The molecule has 94 valence electrons. The molecule has 1 heterocycles. The van der Waals surface area contributed by atoms with Gasteiger partial charge in [-0.15, -0.1) is 0 Å². The van der Waals surface area contributed by atoms with Crippen LogP contribution in [0.3, 0.4) is 0 Å². The summed E-state index contributed by atoms with van der Waals surface area (Å²) in [4.78, 5) is 18.7. The molecule has 1 unspecified atom stereocenters. The third-order valence-corrected chi connectivity index (χ3v) is 3.44. The molecule has 0 aliphatic heterocycles. The Morgan fingerprint density at radius 3 is 2.61 bits per heavy atom. The molecule has 2 aromatic rings. The fraction of sp³-hybridized carbons (Fsp3) is 0.200. The number of aromatic nitrogens is 2. The van der Waals surface area contributed by atoms with E-state index in [1.165, 1.54) is 42.1 Å². The number of fused-ring (bicyclic) bond motifs is 1. The minimum atomic E-state index is -1.38. The molecule has 0 aliphatic rings. The molecule has 2 rings (SSSR count). The van der Waals surface area contributed by atoms with E-state index in [-0.39, 0.29) is 11.4 Å². The van der Waals surface area contributed by atoms with Crippen LogP contribution in [-0.2, 0) is 11.0 Å². The van der Waals surface area contributed by atoms with Crippen molar-refractivity contribution in [1.29, 1.82) is 0 Å². The summed E-state index contributed by atoms with van der Waals surface area (Å²) in [6.07, 6.45) is 4.39. The van der Waals surface area contributed by atoms with Gasteiger partial charge in [0.2, 0.25) is 0 Å². The van der Waals surface area contributed by atoms with Crippen molar-refractivity contribution in [1.82, 2.24) is 9.97 Å². The Morgan fingerprint density at radius 2 is 2.00 bits per heavy atom. The van der Waals surface area contributed by atoms with Gasteiger partial charge in [0.25, 0.3) is 5.69 Å². The first-order chi connectivity index (χ1) is 8.52. The molecule has 1 aromatic heterocycles. The van der Waals surface area contributed by atoms with Crippen molar-refractivity contribution < 1.29 is 9.13 Å². The van der Waals surface area contributed by atoms with Gasteiger partial charge in [-0.1, -0.05) is 0 Å². The van der Waals surface area contributed by atoms with Crippen molar-refractivity contribution in [3.8, 4) is 0 Å². The van der Waals surface area contributed by atoms with Gasteiger partial charge in [0.1, 0.15) is 16.5 Å². The number of rotatable bonds is 3. The highest BCUT2D eigenvalue weighted by Crippen LogP contribution is 2.33. The first kappa shape index (κ1) is 12.4. The monoisotopic (exact) mass is 266 g/mol. The molecule has 8 heteroatoms. The summed E-state index contributed by atoms with van der Waals surface area (Å²) in [6, 6.07) is 2.87. The number of nitrogens with zero attached hydrogens (tertiary/aromatic N) is 4. The first-order valence-electron chi connectivity index (χ1n) is 4.97. The van der Waals surface area contributed by atoms with Crippen LogP contribution in [0.15, 0.2) is 24.5 Å². The second-order valence-corrected chi connectivity index (χ2v) is 4.93. The molecular formula is C10H10N4O3S. The molecule has 18 heavy (non-hydrogen) atoms. The second-order valence-electron chi connectivity index (χ2n) is 3.54. The number of anilines is 1. The van der Waals surface area contributed by atoms with Crippen LogP contribution >= 0.6 is 0 Å². The third-order valence-electron chi connectivity index (χ3n) is 2.49. The maximum atomic E-state index is 11.5. The Hall–Kier alpha value is -2.09. The van der Waals surface area contributed by atoms with Crippen LogP contribution in [0.4, 0.5) is 11.4 Å². The zero-order valence-electron chi connectivity index (χ0n) is 9.73. The molecule has 0 radical (unpaired) electrons. The van der Waals surface area contributed by atoms with Crippen molar-refractivity contribution in [2.24, 2.45) is 0 Å². The SMILES string of the molecule is CN(c1c([N+](=O)[O-])ccc2nccnc12)S(C)=O. The first-order valence-corrected chi connectivity index (χ1v) is 6.49. The van der Waals surface area contributed by atoms with Crippen LogP contribution in [-0.4, -0.2) is 32.4 Å². The largest absolute Gasteiger partial charge is 0.295 e. The van der Waals surface area contributed by atoms with Crippen LogP contribution in [0.1, 0.15) is 0 Å². The Bertz CT molecular complexity index is 646. The topological polar surface area (TPSA) is 89.2 Å². The molecule has 0 amide bonds. The smallest absolute Gasteiger partial charge is 0.287 e. The fourth-order valence-electron chi connectivity index (χ4n) is 1.60. The predicted octanol–water partition coefficient (Wildman–Crippen LogP) is 1.27. The standard InChI is InChI=1S/C10H10N4O3S/c1-13(18(2)17)10-8(14(15)16)4-3-7-9(10)12-6-5-11-7/h3-6H,1-2H3. The van der Waals surface area contributed by atoms with Gasteiger partial charge in [-0.25, -0.2) is 4.21 Å². The number of nitro groups is 1. The fourth-order valence-corrected chi connectivity index (χ4v) is 2.03. The number of hydrogen-bond acceptors (Lipinski definition) is 5. The minimum absolute atomic E-state index is 0.138. The van der Waals surface area contributed by atoms with Crippen LogP contribution in [0.5, 0.6) is 0 Å². The molecule has 0 aliphatic carbocycles. The van der Waals surface area contributed by atoms with Gasteiger partial charge in [0.15, 0.2) is 5.69 Å². The van der Waals surface area contributed by atoms with E-state index in [2.05, 4.69) is 9.97 Å². The summed E-state index contributed by atoms with van der Waals surface area (Å²) in [5.74, 6) is 0. The van der Waals surface area contributed by atoms with E-state index in [4.69, 9.17) is 0 Å². The van der Waals surface area contributed by atoms with Crippen LogP contribution in [0.25, 0.3) is 11.0 Å². The molecule has 7 nitrogen and oxygen atoms in total. The Morgan fingerprint density at radius 1 is 1.33 bits per heavy atom. The molecule has 1 aromatic carbocycles. The highest BCUT2D eigenvalue weighted by Gasteiger charge is 2.23. The average molecular weight is 266 g/mol. The van der Waals surface area contributed by atoms with E-state index in [0.29, 0.717) is 11.0 Å². The van der Waals surface area contributed by atoms with E-state index in [0.717, 1.165) is 0 Å². The number of nitro benzene ring substituents is 1. The second kappa shape index (κ2) is 4.65. The van der Waals surface area contributed by atoms with Crippen molar-refractivity contribution in [2.45, 2.75) is 0 Å². The van der Waals surface area contributed by atoms with Gasteiger partial charge >= 0.3 is 0 Å². The molecule has 1 atom stereocenters. The summed E-state index contributed by atoms with van der Waals surface area (Å²) in [5.41, 5.74) is 0.965. The summed E-state index contributed by atoms with van der Waals surface area (Å²) >= 11 is 0. The summed E-state index contributed by atoms with van der Waals surface area (Å²) in [5, 5.41) is 11.0. The molecule has 0 bridgehead atoms. The predicted molar refractivity (Wildman–Crippen MR) is 68.7 cm³/mol. The maximum absolute atomic E-state index is 11.5. The van der Waals surface area contributed by atoms with Crippen molar-refractivity contribution >= 4 is 33.4 Å². The summed E-state index contributed by atoms with van der Waals surface area (Å²) in [6.45, 7) is 0. The van der Waals surface area contributed by atoms with E-state index in [1.807, 2.05) is 0 Å². The lowest BCUT2D eigenvalue weighted by Crippen LogP contribution is -2.20. The summed E-state index contributed by atoms with van der Waals surface area (Å²) < 4.78 is 12.8. The van der Waals surface area contributed by atoms with Crippen LogP contribution in [0, 0.1) is 10.1 Å². The lowest BCUT2D eigenvalue weighted by molar-refractivity contribution is -0.383. The highest BCUT2D eigenvalue weighted by molar-refractivity contribution is 7.85. The number of hydrogen-bond donors (Lipinski definition) is 0. The van der Waals surface area contributed by atoms with Crippen molar-refractivity contribution in [2.75, 3.05) is 17.6 Å². The van der Waals surface area contributed by atoms with Gasteiger partial charge < -0.3 is 0 Å². The lowest BCUT2D eigenvalue weighted by atomic mass is 10.2. The average Bonchev–Trinajstić information content (AvgIpc) is 2.36. The molecular weight excluding hydrogens is 256 g/mol. The number of benzene rings is 1. The van der Waals surface area contributed by atoms with E-state index >= 15 is 0 Å². The van der Waals surface area contributed by atoms with Crippen LogP contribution in [0.2, 0.25) is 0 Å². The minimum Gasteiger partial charge on any atom is -0.287 e. The Labute approximate surface area is 105 Å². The Balaban J connectivity index is 2.82. The van der Waals surface area contributed by atoms with Gasteiger partial charge in [-0.05, 0) is 6.07 Å². The van der Waals surface area contributed by atoms with Gasteiger partial charge in [-0.2, -0.15) is 0 Å². The Kier molecular flexibility index (Phi) is 3.19. The van der Waals surface area contributed by atoms with Crippen molar-refractivity contribution in [3.05, 3.63) is 34.6 Å². The van der Waals surface area contributed by atoms with Gasteiger partial charge in [0.05, 0.1) is 10.4 Å². The summed E-state index contributed by atoms with van der Waals surface area (Å²) in [7, 11) is 0.137. The zero-order valence-corrected chi connectivity index (χ0v) is 10.5. The molecule has 0 saturated carbocycles. The zero-order chi connectivity index (χ0) is 13.3. The van der Waals surface area contributed by atoms with Gasteiger partial charge in [0, 0.05) is 31.8 Å². The van der Waals surface area contributed by atoms with Crippen molar-refractivity contribution in [3.63, 3.8) is 0 Å². The lowest BCUT2D eigenvalue weighted by Gasteiger charge is -2.16. The molecule has 0 spiro atoms. The van der Waals surface area contributed by atoms with E-state index in [9.17, 15) is 14.3 Å². The van der Waals surface area contributed by atoms with Gasteiger partial charge in [-0.3, -0.25) is 24.4 Å². The van der Waals surface area contributed by atoms with E-state index in [1.54, 1.807) is 0 Å². The third kappa shape index (κ3) is 2.02.